The molecule has 0 fully saturated rings. The predicted molar refractivity (Wildman–Crippen MR) is 105 cm³/mol. The molecule has 132 valence electrons. The molecule has 0 aliphatic heterocycles. The van der Waals surface area contributed by atoms with Gasteiger partial charge in [0.15, 0.2) is 23.2 Å². The number of rotatable bonds is 8. The van der Waals surface area contributed by atoms with Gasteiger partial charge in [-0.2, -0.15) is 5.10 Å². The third kappa shape index (κ3) is 6.87. The topological polar surface area (TPSA) is 81.2 Å². The largest absolute Gasteiger partial charge is 0.490 e. The van der Waals surface area contributed by atoms with Gasteiger partial charge >= 0.3 is 5.97 Å². The minimum atomic E-state index is -0.458. The Morgan fingerprint density at radius 2 is 2.12 bits per heavy atom. The number of ether oxygens (including phenoxy) is 3. The fourth-order valence-electron chi connectivity index (χ4n) is 1.62. The Bertz CT molecular complexity index is 611. The molecule has 2 N–H and O–H groups in total. The Labute approximate surface area is 160 Å². The van der Waals surface area contributed by atoms with Crippen LogP contribution in [0.3, 0.4) is 0 Å². The predicted octanol–water partition coefficient (Wildman–Crippen LogP) is 2.06. The molecule has 1 rings (SSSR count). The minimum Gasteiger partial charge on any atom is -0.490 e. The number of methoxy groups -OCH3 is 1. The van der Waals surface area contributed by atoms with E-state index < -0.39 is 5.97 Å². The van der Waals surface area contributed by atoms with Crippen LogP contribution in [0.25, 0.3) is 0 Å². The molecule has 0 radical (unpaired) electrons. The highest BCUT2D eigenvalue weighted by atomic mass is 127. The summed E-state index contributed by atoms with van der Waals surface area (Å²) in [5, 5.41) is 7.45. The van der Waals surface area contributed by atoms with Crippen molar-refractivity contribution in [3.8, 4) is 11.5 Å². The van der Waals surface area contributed by atoms with E-state index in [0.29, 0.717) is 23.2 Å². The molecule has 0 unspecified atom stereocenters. The van der Waals surface area contributed by atoms with Gasteiger partial charge in [-0.1, -0.05) is 0 Å². The molecule has 1 aromatic rings. The number of hydrogen-bond acceptors (Lipinski definition) is 6. The lowest BCUT2D eigenvalue weighted by Gasteiger charge is -2.14. The van der Waals surface area contributed by atoms with E-state index in [1.54, 1.807) is 12.3 Å². The van der Waals surface area contributed by atoms with Gasteiger partial charge in [-0.25, -0.2) is 4.79 Å². The summed E-state index contributed by atoms with van der Waals surface area (Å²) in [5.74, 6) is 0.570. The van der Waals surface area contributed by atoms with E-state index in [2.05, 4.69) is 43.2 Å². The first-order valence-electron chi connectivity index (χ1n) is 7.24. The van der Waals surface area contributed by atoms with Crippen molar-refractivity contribution in [1.29, 1.82) is 0 Å². The summed E-state index contributed by atoms with van der Waals surface area (Å²) in [6.07, 6.45) is 1.62. The zero-order chi connectivity index (χ0) is 17.9. The van der Waals surface area contributed by atoms with Gasteiger partial charge in [0.2, 0.25) is 0 Å². The number of hydrogen-bond donors (Lipinski definition) is 2. The quantitative estimate of drug-likeness (QED) is 0.200. The normalized spacial score (nSPS) is 10.3. The fraction of sp³-hybridized carbons (Fsp3) is 0.400. The molecular formula is C15H20IN3O4S. The first-order valence-corrected chi connectivity index (χ1v) is 8.73. The summed E-state index contributed by atoms with van der Waals surface area (Å²) >= 11 is 7.14. The van der Waals surface area contributed by atoms with Gasteiger partial charge < -0.3 is 19.5 Å². The molecule has 1 aromatic carbocycles. The molecule has 0 amide bonds. The van der Waals surface area contributed by atoms with Crippen molar-refractivity contribution in [3.63, 3.8) is 0 Å². The first-order chi connectivity index (χ1) is 11.5. The van der Waals surface area contributed by atoms with Crippen molar-refractivity contribution in [2.75, 3.05) is 26.9 Å². The number of hydrazone groups is 1. The van der Waals surface area contributed by atoms with Crippen molar-refractivity contribution >= 4 is 52.1 Å². The van der Waals surface area contributed by atoms with Crippen molar-refractivity contribution in [3.05, 3.63) is 21.3 Å². The zero-order valence-corrected chi connectivity index (χ0v) is 16.7. The monoisotopic (exact) mass is 465 g/mol. The van der Waals surface area contributed by atoms with Gasteiger partial charge in [0.1, 0.15) is 0 Å². The number of benzene rings is 1. The van der Waals surface area contributed by atoms with E-state index in [1.165, 1.54) is 7.11 Å². The van der Waals surface area contributed by atoms with Crippen molar-refractivity contribution < 1.29 is 19.0 Å². The van der Waals surface area contributed by atoms with Crippen LogP contribution in [0.2, 0.25) is 0 Å². The fourth-order valence-corrected chi connectivity index (χ4v) is 2.60. The van der Waals surface area contributed by atoms with Gasteiger partial charge in [0.05, 0.1) is 23.5 Å². The van der Waals surface area contributed by atoms with Gasteiger partial charge in [-0.15, -0.1) is 0 Å². The number of halogens is 1. The Morgan fingerprint density at radius 1 is 1.38 bits per heavy atom. The van der Waals surface area contributed by atoms with Crippen molar-refractivity contribution in [1.82, 2.24) is 10.7 Å². The van der Waals surface area contributed by atoms with Crippen LogP contribution < -0.4 is 20.2 Å². The Hall–Kier alpha value is -1.62. The standard InChI is InChI=1S/C15H20IN3O4S/c1-4-17-15(24)19-18-8-10-6-11(16)14(12(7-10)22-5-2)23-9-13(20)21-3/h6-8H,4-5,9H2,1-3H3,(H2,17,19,24)/b18-8-. The van der Waals surface area contributed by atoms with Crippen LogP contribution >= 0.6 is 34.8 Å². The van der Waals surface area contributed by atoms with Crippen LogP contribution in [0.15, 0.2) is 17.2 Å². The lowest BCUT2D eigenvalue weighted by Crippen LogP contribution is -2.31. The molecule has 7 nitrogen and oxygen atoms in total. The number of carbonyl (C=O) groups is 1. The summed E-state index contributed by atoms with van der Waals surface area (Å²) in [5.41, 5.74) is 3.52. The highest BCUT2D eigenvalue weighted by Gasteiger charge is 2.13. The number of carbonyl (C=O) groups excluding carboxylic acids is 1. The van der Waals surface area contributed by atoms with E-state index in [1.807, 2.05) is 19.9 Å². The average Bonchev–Trinajstić information content (AvgIpc) is 2.54. The molecule has 0 bridgehead atoms. The Balaban J connectivity index is 2.91. The number of esters is 1. The SMILES string of the molecule is CCNC(=S)N/N=C\c1cc(I)c(OCC(=O)OC)c(OCC)c1. The summed E-state index contributed by atoms with van der Waals surface area (Å²) < 4.78 is 16.5. The van der Waals surface area contributed by atoms with Gasteiger partial charge in [0, 0.05) is 6.54 Å². The molecule has 24 heavy (non-hydrogen) atoms. The Kier molecular flexibility index (Phi) is 9.38. The molecule has 9 heteroatoms. The van der Waals surface area contributed by atoms with E-state index in [9.17, 15) is 4.79 Å². The van der Waals surface area contributed by atoms with Gasteiger partial charge in [-0.3, -0.25) is 5.43 Å². The second-order valence-electron chi connectivity index (χ2n) is 4.36. The number of nitrogens with zero attached hydrogens (tertiary/aromatic N) is 1. The van der Waals surface area contributed by atoms with Crippen molar-refractivity contribution in [2.45, 2.75) is 13.8 Å². The molecule has 0 aromatic heterocycles. The third-order valence-corrected chi connectivity index (χ3v) is 3.65. The summed E-state index contributed by atoms with van der Waals surface area (Å²) in [6.45, 7) is 4.82. The maximum absolute atomic E-state index is 11.3. The highest BCUT2D eigenvalue weighted by molar-refractivity contribution is 14.1. The van der Waals surface area contributed by atoms with E-state index in [-0.39, 0.29) is 6.61 Å². The second kappa shape index (κ2) is 11.0. The molecule has 0 atom stereocenters. The molecule has 0 spiro atoms. The van der Waals surface area contributed by atoms with Gasteiger partial charge in [-0.05, 0) is 66.4 Å². The summed E-state index contributed by atoms with van der Waals surface area (Å²) in [6, 6.07) is 3.64. The van der Waals surface area contributed by atoms with Crippen LogP contribution in [0, 0.1) is 3.57 Å². The summed E-state index contributed by atoms with van der Waals surface area (Å²) in [7, 11) is 1.31. The molecule has 0 saturated heterocycles. The smallest absolute Gasteiger partial charge is 0.343 e. The molecule has 0 heterocycles. The zero-order valence-electron chi connectivity index (χ0n) is 13.7. The molecule has 0 saturated carbocycles. The van der Waals surface area contributed by atoms with E-state index >= 15 is 0 Å². The van der Waals surface area contributed by atoms with Crippen LogP contribution in [0.4, 0.5) is 0 Å². The molecule has 0 aliphatic carbocycles. The number of nitrogens with one attached hydrogen (secondary N) is 2. The van der Waals surface area contributed by atoms with Crippen molar-refractivity contribution in [2.24, 2.45) is 5.10 Å². The van der Waals surface area contributed by atoms with Crippen LogP contribution in [0.1, 0.15) is 19.4 Å². The van der Waals surface area contributed by atoms with E-state index in [4.69, 9.17) is 21.7 Å². The van der Waals surface area contributed by atoms with E-state index in [0.717, 1.165) is 15.7 Å². The molecule has 0 aliphatic rings. The maximum Gasteiger partial charge on any atom is 0.343 e. The summed E-state index contributed by atoms with van der Waals surface area (Å²) in [4.78, 5) is 11.3. The lowest BCUT2D eigenvalue weighted by molar-refractivity contribution is -0.142. The third-order valence-electron chi connectivity index (χ3n) is 2.61. The molecular weight excluding hydrogens is 445 g/mol. The van der Waals surface area contributed by atoms with Crippen LogP contribution in [-0.4, -0.2) is 44.2 Å². The van der Waals surface area contributed by atoms with Gasteiger partial charge in [0.25, 0.3) is 0 Å². The minimum absolute atomic E-state index is 0.182. The maximum atomic E-state index is 11.3. The average molecular weight is 465 g/mol. The second-order valence-corrected chi connectivity index (χ2v) is 5.93. The highest BCUT2D eigenvalue weighted by Crippen LogP contribution is 2.33. The van der Waals surface area contributed by atoms with Crippen LogP contribution in [-0.2, 0) is 9.53 Å². The Morgan fingerprint density at radius 3 is 2.75 bits per heavy atom. The lowest BCUT2D eigenvalue weighted by atomic mass is 10.2. The number of thiocarbonyl (C=S) groups is 1. The van der Waals surface area contributed by atoms with Crippen LogP contribution in [0.5, 0.6) is 11.5 Å². The first kappa shape index (κ1) is 20.4.